The van der Waals surface area contributed by atoms with Gasteiger partial charge in [-0.15, -0.1) is 0 Å². The molecule has 0 radical (unpaired) electrons. The fourth-order valence-corrected chi connectivity index (χ4v) is 3.98. The first-order chi connectivity index (χ1) is 9.82. The summed E-state index contributed by atoms with van der Waals surface area (Å²) in [4.78, 5) is 0.0741. The van der Waals surface area contributed by atoms with Gasteiger partial charge < -0.3 is 5.32 Å². The summed E-state index contributed by atoms with van der Waals surface area (Å²) < 4.78 is 40.4. The van der Waals surface area contributed by atoms with Gasteiger partial charge >= 0.3 is 0 Å². The summed E-state index contributed by atoms with van der Waals surface area (Å²) in [5.74, 6) is -0.524. The van der Waals surface area contributed by atoms with Crippen LogP contribution >= 0.6 is 0 Å². The average molecular weight is 314 g/mol. The van der Waals surface area contributed by atoms with Crippen molar-refractivity contribution in [3.8, 4) is 0 Å². The standard InChI is InChI=1S/C15H23FN2O2S/c1-11(2)17-10-12-7-8-13(16)9-15(12)21(19,20)18(3)14-5-4-6-14/h7-9,11,14,17H,4-6,10H2,1-3H3. The van der Waals surface area contributed by atoms with Crippen LogP contribution in [0.15, 0.2) is 23.1 Å². The molecule has 0 heterocycles. The van der Waals surface area contributed by atoms with E-state index in [-0.39, 0.29) is 17.0 Å². The minimum Gasteiger partial charge on any atom is -0.310 e. The summed E-state index contributed by atoms with van der Waals surface area (Å²) >= 11 is 0. The second-order valence-corrected chi connectivity index (χ2v) is 7.86. The van der Waals surface area contributed by atoms with E-state index in [1.807, 2.05) is 13.8 Å². The van der Waals surface area contributed by atoms with Crippen LogP contribution in [0.5, 0.6) is 0 Å². The van der Waals surface area contributed by atoms with Crippen LogP contribution in [0.25, 0.3) is 0 Å². The highest BCUT2D eigenvalue weighted by Crippen LogP contribution is 2.30. The largest absolute Gasteiger partial charge is 0.310 e. The second-order valence-electron chi connectivity index (χ2n) is 5.89. The Morgan fingerprint density at radius 2 is 2.05 bits per heavy atom. The maximum atomic E-state index is 13.5. The molecular formula is C15H23FN2O2S. The smallest absolute Gasteiger partial charge is 0.243 e. The van der Waals surface area contributed by atoms with E-state index >= 15 is 0 Å². The number of rotatable bonds is 6. The molecule has 0 bridgehead atoms. The van der Waals surface area contributed by atoms with Gasteiger partial charge in [0.2, 0.25) is 10.0 Å². The van der Waals surface area contributed by atoms with Crippen molar-refractivity contribution in [2.75, 3.05) is 7.05 Å². The van der Waals surface area contributed by atoms with Crippen molar-refractivity contribution in [3.63, 3.8) is 0 Å². The molecule has 21 heavy (non-hydrogen) atoms. The Labute approximate surface area is 126 Å². The molecule has 0 unspecified atom stereocenters. The zero-order valence-electron chi connectivity index (χ0n) is 12.8. The summed E-state index contributed by atoms with van der Waals surface area (Å²) in [6.07, 6.45) is 2.81. The minimum absolute atomic E-state index is 0.0455. The van der Waals surface area contributed by atoms with E-state index in [1.165, 1.54) is 10.4 Å². The van der Waals surface area contributed by atoms with Crippen LogP contribution in [0.1, 0.15) is 38.7 Å². The van der Waals surface area contributed by atoms with E-state index in [1.54, 1.807) is 13.1 Å². The monoisotopic (exact) mass is 314 g/mol. The third-order valence-electron chi connectivity index (χ3n) is 3.98. The Kier molecular flexibility index (Phi) is 5.01. The average Bonchev–Trinajstić information content (AvgIpc) is 2.34. The third-order valence-corrected chi connectivity index (χ3v) is 5.97. The number of sulfonamides is 1. The number of nitrogens with one attached hydrogen (secondary N) is 1. The molecule has 1 aliphatic rings. The molecule has 0 saturated heterocycles. The lowest BCUT2D eigenvalue weighted by Gasteiger charge is -2.34. The molecule has 118 valence electrons. The first-order valence-corrected chi connectivity index (χ1v) is 8.76. The summed E-state index contributed by atoms with van der Waals surface area (Å²) in [6.45, 7) is 4.38. The molecule has 0 atom stereocenters. The van der Waals surface area contributed by atoms with Crippen LogP contribution in [-0.4, -0.2) is 31.9 Å². The van der Waals surface area contributed by atoms with Gasteiger partial charge in [-0.2, -0.15) is 4.31 Å². The third kappa shape index (κ3) is 3.62. The van der Waals surface area contributed by atoms with Gasteiger partial charge in [-0.25, -0.2) is 12.8 Å². The molecule has 1 fully saturated rings. The van der Waals surface area contributed by atoms with Crippen LogP contribution in [-0.2, 0) is 16.6 Å². The Morgan fingerprint density at radius 3 is 2.57 bits per heavy atom. The van der Waals surface area contributed by atoms with Gasteiger partial charge in [0, 0.05) is 25.7 Å². The normalized spacial score (nSPS) is 16.5. The lowest BCUT2D eigenvalue weighted by atomic mass is 9.94. The fourth-order valence-electron chi connectivity index (χ4n) is 2.33. The van der Waals surface area contributed by atoms with Crippen molar-refractivity contribution < 1.29 is 12.8 Å². The molecule has 2 rings (SSSR count). The maximum absolute atomic E-state index is 13.5. The van der Waals surface area contributed by atoms with E-state index in [4.69, 9.17) is 0 Å². The Morgan fingerprint density at radius 1 is 1.38 bits per heavy atom. The van der Waals surface area contributed by atoms with Gasteiger partial charge in [0.15, 0.2) is 0 Å². The second kappa shape index (κ2) is 6.42. The number of benzene rings is 1. The maximum Gasteiger partial charge on any atom is 0.243 e. The van der Waals surface area contributed by atoms with Gasteiger partial charge in [-0.05, 0) is 30.5 Å². The van der Waals surface area contributed by atoms with Crippen LogP contribution in [0.3, 0.4) is 0 Å². The van der Waals surface area contributed by atoms with Gasteiger partial charge in [0.1, 0.15) is 5.82 Å². The zero-order chi connectivity index (χ0) is 15.6. The molecule has 0 amide bonds. The zero-order valence-corrected chi connectivity index (χ0v) is 13.6. The molecule has 6 heteroatoms. The molecule has 1 aromatic carbocycles. The van der Waals surface area contributed by atoms with Crippen molar-refractivity contribution in [2.24, 2.45) is 0 Å². The molecule has 4 nitrogen and oxygen atoms in total. The Hall–Kier alpha value is -0.980. The van der Waals surface area contributed by atoms with E-state index in [9.17, 15) is 12.8 Å². The van der Waals surface area contributed by atoms with Gasteiger partial charge in [0.25, 0.3) is 0 Å². The van der Waals surface area contributed by atoms with Crippen LogP contribution in [0, 0.1) is 5.82 Å². The predicted octanol–water partition coefficient (Wildman–Crippen LogP) is 2.50. The highest BCUT2D eigenvalue weighted by molar-refractivity contribution is 7.89. The molecule has 1 N–H and O–H groups in total. The fraction of sp³-hybridized carbons (Fsp3) is 0.600. The van der Waals surface area contributed by atoms with Gasteiger partial charge in [-0.1, -0.05) is 26.3 Å². The molecule has 1 aliphatic carbocycles. The molecule has 0 aliphatic heterocycles. The number of hydrogen-bond acceptors (Lipinski definition) is 3. The molecule has 0 aromatic heterocycles. The van der Waals surface area contributed by atoms with Gasteiger partial charge in [-0.3, -0.25) is 0 Å². The lowest BCUT2D eigenvalue weighted by molar-refractivity contribution is 0.249. The first kappa shape index (κ1) is 16.4. The predicted molar refractivity (Wildman–Crippen MR) is 81.0 cm³/mol. The molecule has 1 saturated carbocycles. The Balaban J connectivity index is 2.33. The van der Waals surface area contributed by atoms with Crippen LogP contribution in [0.2, 0.25) is 0 Å². The lowest BCUT2D eigenvalue weighted by Crippen LogP contribution is -2.41. The number of halogens is 1. The summed E-state index contributed by atoms with van der Waals surface area (Å²) in [7, 11) is -2.06. The molecular weight excluding hydrogens is 291 g/mol. The van der Waals surface area contributed by atoms with Crippen LogP contribution in [0.4, 0.5) is 4.39 Å². The minimum atomic E-state index is -3.65. The van der Waals surface area contributed by atoms with E-state index in [0.29, 0.717) is 12.1 Å². The van der Waals surface area contributed by atoms with Crippen molar-refractivity contribution in [2.45, 2.75) is 56.6 Å². The van der Waals surface area contributed by atoms with E-state index < -0.39 is 15.8 Å². The quantitative estimate of drug-likeness (QED) is 0.877. The SMILES string of the molecule is CC(C)NCc1ccc(F)cc1S(=O)(=O)N(C)C1CCC1. The van der Waals surface area contributed by atoms with Crippen molar-refractivity contribution >= 4 is 10.0 Å². The molecule has 0 spiro atoms. The number of hydrogen-bond donors (Lipinski definition) is 1. The highest BCUT2D eigenvalue weighted by Gasteiger charge is 2.33. The topological polar surface area (TPSA) is 49.4 Å². The van der Waals surface area contributed by atoms with Crippen molar-refractivity contribution in [3.05, 3.63) is 29.6 Å². The summed E-state index contributed by atoms with van der Waals surface area (Å²) in [6, 6.07) is 4.26. The van der Waals surface area contributed by atoms with Gasteiger partial charge in [0.05, 0.1) is 4.90 Å². The molecule has 1 aromatic rings. The van der Waals surface area contributed by atoms with E-state index in [2.05, 4.69) is 5.32 Å². The van der Waals surface area contributed by atoms with Crippen LogP contribution < -0.4 is 5.32 Å². The van der Waals surface area contributed by atoms with Crippen molar-refractivity contribution in [1.82, 2.24) is 9.62 Å². The summed E-state index contributed by atoms with van der Waals surface area (Å²) in [5.41, 5.74) is 0.608. The van der Waals surface area contributed by atoms with E-state index in [0.717, 1.165) is 25.3 Å². The van der Waals surface area contributed by atoms with Crippen molar-refractivity contribution in [1.29, 1.82) is 0 Å². The first-order valence-electron chi connectivity index (χ1n) is 7.32. The summed E-state index contributed by atoms with van der Waals surface area (Å²) in [5, 5.41) is 3.18. The number of nitrogens with zero attached hydrogens (tertiary/aromatic N) is 1. The Bertz CT molecular complexity index is 598. The highest BCUT2D eigenvalue weighted by atomic mass is 32.2.